The minimum absolute atomic E-state index is 0.0156. The molecule has 1 aromatic carbocycles. The summed E-state index contributed by atoms with van der Waals surface area (Å²) in [6.07, 6.45) is -6.03. The third kappa shape index (κ3) is 5.27. The van der Waals surface area contributed by atoms with Crippen LogP contribution >= 0.6 is 0 Å². The predicted molar refractivity (Wildman–Crippen MR) is 84.4 cm³/mol. The molecule has 1 aliphatic rings. The van der Waals surface area contributed by atoms with E-state index < -0.39 is 12.3 Å². The van der Waals surface area contributed by atoms with Gasteiger partial charge in [0.15, 0.2) is 17.6 Å². The maximum Gasteiger partial charge on any atom is 0.415 e. The molecule has 7 heteroatoms. The number of hydrogen-bond donors (Lipinski definition) is 0. The Morgan fingerprint density at radius 1 is 1.29 bits per heavy atom. The van der Waals surface area contributed by atoms with E-state index in [9.17, 15) is 13.2 Å². The first-order valence-electron chi connectivity index (χ1n) is 8.12. The molecule has 4 nitrogen and oxygen atoms in total. The zero-order valence-corrected chi connectivity index (χ0v) is 14.2. The van der Waals surface area contributed by atoms with Gasteiger partial charge in [-0.05, 0) is 38.5 Å². The Balaban J connectivity index is 2.07. The number of halogens is 3. The van der Waals surface area contributed by atoms with Gasteiger partial charge in [0.25, 0.3) is 0 Å². The van der Waals surface area contributed by atoms with E-state index in [-0.39, 0.29) is 19.3 Å². The fourth-order valence-electron chi connectivity index (χ4n) is 2.57. The van der Waals surface area contributed by atoms with E-state index in [0.29, 0.717) is 31.2 Å². The van der Waals surface area contributed by atoms with Crippen LogP contribution in [0.2, 0.25) is 0 Å². The Morgan fingerprint density at radius 2 is 2.04 bits per heavy atom. The van der Waals surface area contributed by atoms with Crippen LogP contribution in [-0.2, 0) is 11.3 Å². The van der Waals surface area contributed by atoms with Crippen molar-refractivity contribution in [2.45, 2.75) is 45.7 Å². The number of alkyl halides is 3. The molecule has 1 heterocycles. The van der Waals surface area contributed by atoms with Gasteiger partial charge < -0.3 is 14.2 Å². The predicted octanol–water partition coefficient (Wildman–Crippen LogP) is 3.64. The summed E-state index contributed by atoms with van der Waals surface area (Å²) in [4.78, 5) is 1.75. The lowest BCUT2D eigenvalue weighted by Crippen LogP contribution is -2.48. The third-order valence-corrected chi connectivity index (χ3v) is 3.59. The summed E-state index contributed by atoms with van der Waals surface area (Å²) in [5.74, 6) is 1.26. The van der Waals surface area contributed by atoms with Gasteiger partial charge in [-0.15, -0.1) is 0 Å². The molecule has 136 valence electrons. The van der Waals surface area contributed by atoms with Crippen LogP contribution in [0.25, 0.3) is 0 Å². The summed E-state index contributed by atoms with van der Waals surface area (Å²) in [5, 5.41) is 0. The van der Waals surface area contributed by atoms with Crippen LogP contribution in [0.4, 0.5) is 13.2 Å². The number of morpholine rings is 1. The van der Waals surface area contributed by atoms with Crippen molar-refractivity contribution in [3.63, 3.8) is 0 Å². The van der Waals surface area contributed by atoms with Crippen molar-refractivity contribution in [2.75, 3.05) is 26.3 Å². The molecule has 1 aliphatic heterocycles. The SMILES string of the molecule is CCOc1cc(CN2CCOC(C(F)(F)F)C2)ccc1OC(C)C. The first-order chi connectivity index (χ1) is 11.3. The quantitative estimate of drug-likeness (QED) is 0.786. The summed E-state index contributed by atoms with van der Waals surface area (Å²) in [6.45, 7) is 7.03. The average molecular weight is 347 g/mol. The molecule has 0 aromatic heterocycles. The molecule has 1 unspecified atom stereocenters. The topological polar surface area (TPSA) is 30.9 Å². The Bertz CT molecular complexity index is 534. The summed E-state index contributed by atoms with van der Waals surface area (Å²) < 4.78 is 54.5. The van der Waals surface area contributed by atoms with Crippen molar-refractivity contribution < 1.29 is 27.4 Å². The van der Waals surface area contributed by atoms with Crippen molar-refractivity contribution in [2.24, 2.45) is 0 Å². The molecule has 0 spiro atoms. The van der Waals surface area contributed by atoms with Crippen LogP contribution in [0.5, 0.6) is 11.5 Å². The molecule has 0 radical (unpaired) electrons. The second-order valence-corrected chi connectivity index (χ2v) is 6.02. The number of rotatable bonds is 6. The molecule has 0 aliphatic carbocycles. The molecule has 1 fully saturated rings. The molecule has 1 saturated heterocycles. The molecular formula is C17H24F3NO3. The van der Waals surface area contributed by atoms with E-state index in [1.807, 2.05) is 39.0 Å². The van der Waals surface area contributed by atoms with Gasteiger partial charge in [-0.2, -0.15) is 13.2 Å². The zero-order valence-electron chi connectivity index (χ0n) is 14.2. The van der Waals surface area contributed by atoms with Crippen LogP contribution in [0.15, 0.2) is 18.2 Å². The van der Waals surface area contributed by atoms with Gasteiger partial charge in [0, 0.05) is 19.6 Å². The van der Waals surface area contributed by atoms with E-state index >= 15 is 0 Å². The third-order valence-electron chi connectivity index (χ3n) is 3.59. The second-order valence-electron chi connectivity index (χ2n) is 6.02. The smallest absolute Gasteiger partial charge is 0.415 e. The summed E-state index contributed by atoms with van der Waals surface area (Å²) in [5.41, 5.74) is 0.886. The van der Waals surface area contributed by atoms with E-state index in [1.165, 1.54) is 0 Å². The molecule has 1 atom stereocenters. The van der Waals surface area contributed by atoms with E-state index in [4.69, 9.17) is 14.2 Å². The van der Waals surface area contributed by atoms with E-state index in [1.54, 1.807) is 4.90 Å². The largest absolute Gasteiger partial charge is 0.490 e. The number of nitrogens with zero attached hydrogens (tertiary/aromatic N) is 1. The molecule has 0 amide bonds. The van der Waals surface area contributed by atoms with Crippen molar-refractivity contribution in [3.05, 3.63) is 23.8 Å². The fraction of sp³-hybridized carbons (Fsp3) is 0.647. The Hall–Kier alpha value is -1.47. The van der Waals surface area contributed by atoms with E-state index in [0.717, 1.165) is 5.56 Å². The van der Waals surface area contributed by atoms with Gasteiger partial charge in [0.1, 0.15) is 0 Å². The summed E-state index contributed by atoms with van der Waals surface area (Å²) in [7, 11) is 0. The molecule has 0 N–H and O–H groups in total. The van der Waals surface area contributed by atoms with Gasteiger partial charge in [-0.3, -0.25) is 4.90 Å². The van der Waals surface area contributed by atoms with Gasteiger partial charge in [-0.25, -0.2) is 0 Å². The van der Waals surface area contributed by atoms with Crippen LogP contribution in [-0.4, -0.2) is 49.6 Å². The highest BCUT2D eigenvalue weighted by atomic mass is 19.4. The Labute approximate surface area is 140 Å². The summed E-state index contributed by atoms with van der Waals surface area (Å²) >= 11 is 0. The van der Waals surface area contributed by atoms with Gasteiger partial charge in [0.2, 0.25) is 0 Å². The van der Waals surface area contributed by atoms with E-state index in [2.05, 4.69) is 0 Å². The zero-order chi connectivity index (χ0) is 17.7. The number of benzene rings is 1. The normalized spacial score (nSPS) is 19.5. The minimum atomic E-state index is -4.33. The monoisotopic (exact) mass is 347 g/mol. The summed E-state index contributed by atoms with van der Waals surface area (Å²) in [6, 6.07) is 5.50. The first kappa shape index (κ1) is 18.9. The number of ether oxygens (including phenoxy) is 3. The van der Waals surface area contributed by atoms with Crippen molar-refractivity contribution in [1.82, 2.24) is 4.90 Å². The highest BCUT2D eigenvalue weighted by molar-refractivity contribution is 5.43. The molecule has 1 aromatic rings. The number of hydrogen-bond acceptors (Lipinski definition) is 4. The molecular weight excluding hydrogens is 323 g/mol. The van der Waals surface area contributed by atoms with Crippen LogP contribution in [0.1, 0.15) is 26.3 Å². The Kier molecular flexibility index (Phi) is 6.34. The second kappa shape index (κ2) is 8.07. The highest BCUT2D eigenvalue weighted by Gasteiger charge is 2.43. The lowest BCUT2D eigenvalue weighted by molar-refractivity contribution is -0.237. The fourth-order valence-corrected chi connectivity index (χ4v) is 2.57. The molecule has 2 rings (SSSR count). The molecule has 0 bridgehead atoms. The minimum Gasteiger partial charge on any atom is -0.490 e. The maximum absolute atomic E-state index is 12.8. The van der Waals surface area contributed by atoms with Crippen LogP contribution in [0.3, 0.4) is 0 Å². The van der Waals surface area contributed by atoms with Crippen molar-refractivity contribution in [1.29, 1.82) is 0 Å². The van der Waals surface area contributed by atoms with Gasteiger partial charge in [-0.1, -0.05) is 6.07 Å². The van der Waals surface area contributed by atoms with Gasteiger partial charge >= 0.3 is 6.18 Å². The highest BCUT2D eigenvalue weighted by Crippen LogP contribution is 2.31. The molecule has 0 saturated carbocycles. The van der Waals surface area contributed by atoms with Crippen LogP contribution < -0.4 is 9.47 Å². The molecule has 24 heavy (non-hydrogen) atoms. The first-order valence-corrected chi connectivity index (χ1v) is 8.12. The maximum atomic E-state index is 12.8. The standard InChI is InChI=1S/C17H24F3NO3/c1-4-22-15-9-13(5-6-14(15)24-12(2)3)10-21-7-8-23-16(11-21)17(18,19)20/h5-6,9,12,16H,4,7-8,10-11H2,1-3H3. The van der Waals surface area contributed by atoms with Crippen LogP contribution in [0, 0.1) is 0 Å². The van der Waals surface area contributed by atoms with Crippen molar-refractivity contribution in [3.8, 4) is 11.5 Å². The van der Waals surface area contributed by atoms with Gasteiger partial charge in [0.05, 0.1) is 19.3 Å². The average Bonchev–Trinajstić information content (AvgIpc) is 2.49. The van der Waals surface area contributed by atoms with Crippen molar-refractivity contribution >= 4 is 0 Å². The lowest BCUT2D eigenvalue weighted by atomic mass is 10.1. The Morgan fingerprint density at radius 3 is 2.67 bits per heavy atom. The lowest BCUT2D eigenvalue weighted by Gasteiger charge is -2.33.